The number of esters is 1. The number of ether oxygens (including phenoxy) is 2. The van der Waals surface area contributed by atoms with Gasteiger partial charge in [-0.3, -0.25) is 9.10 Å². The molecule has 0 aliphatic rings. The summed E-state index contributed by atoms with van der Waals surface area (Å²) in [6.45, 7) is -0.0940. The van der Waals surface area contributed by atoms with Crippen LogP contribution in [0.25, 0.3) is 10.1 Å². The molecular formula is C26H23ClN2O6S2. The first-order chi connectivity index (χ1) is 17.6. The number of sulfonamides is 1. The van der Waals surface area contributed by atoms with Gasteiger partial charge in [0.15, 0.2) is 6.61 Å². The van der Waals surface area contributed by atoms with Gasteiger partial charge in [-0.2, -0.15) is 0 Å². The van der Waals surface area contributed by atoms with Gasteiger partial charge in [-0.15, -0.1) is 11.3 Å². The summed E-state index contributed by atoms with van der Waals surface area (Å²) in [6, 6.07) is 20.4. The molecular weight excluding hydrogens is 536 g/mol. The van der Waals surface area contributed by atoms with Gasteiger partial charge in [-0.1, -0.05) is 23.7 Å². The van der Waals surface area contributed by atoms with Crippen molar-refractivity contribution in [3.05, 3.63) is 88.3 Å². The lowest BCUT2D eigenvalue weighted by Gasteiger charge is -2.23. The molecule has 4 aromatic rings. The molecule has 1 heterocycles. The van der Waals surface area contributed by atoms with Crippen molar-refractivity contribution in [1.82, 2.24) is 0 Å². The molecule has 0 saturated heterocycles. The summed E-state index contributed by atoms with van der Waals surface area (Å²) < 4.78 is 37.3. The first-order valence-corrected chi connectivity index (χ1v) is 14.0. The summed E-state index contributed by atoms with van der Waals surface area (Å²) in [5, 5.41) is 4.15. The molecule has 0 unspecified atom stereocenters. The molecule has 192 valence electrons. The Bertz CT molecular complexity index is 1530. The van der Waals surface area contributed by atoms with Crippen LogP contribution >= 0.6 is 22.9 Å². The van der Waals surface area contributed by atoms with Gasteiger partial charge >= 0.3 is 5.97 Å². The lowest BCUT2D eigenvalue weighted by molar-refractivity contribution is -0.118. The molecule has 37 heavy (non-hydrogen) atoms. The predicted molar refractivity (Wildman–Crippen MR) is 146 cm³/mol. The van der Waals surface area contributed by atoms with Crippen molar-refractivity contribution < 1.29 is 27.5 Å². The largest absolute Gasteiger partial charge is 0.484 e. The Hall–Kier alpha value is -3.60. The third-order valence-corrected chi connectivity index (χ3v) is 7.81. The van der Waals surface area contributed by atoms with Crippen LogP contribution in [0, 0.1) is 0 Å². The fourth-order valence-electron chi connectivity index (χ4n) is 3.53. The standard InChI is InChI=1S/C26H23ClN2O6S2/c1-34-26(31)24-14-18-13-20(7-12-23(18)36-24)28-25(30)16-35-22-10-8-21(9-11-22)29(37(2,32)33)15-17-3-5-19(27)6-4-17/h3-14H,15-16H2,1-2H3,(H,28,30). The summed E-state index contributed by atoms with van der Waals surface area (Å²) in [7, 11) is -2.22. The lowest BCUT2D eigenvalue weighted by Crippen LogP contribution is -2.29. The second-order valence-electron chi connectivity index (χ2n) is 8.08. The molecule has 1 aromatic heterocycles. The molecule has 1 amide bonds. The fraction of sp³-hybridized carbons (Fsp3) is 0.154. The van der Waals surface area contributed by atoms with E-state index in [0.29, 0.717) is 27.0 Å². The molecule has 4 rings (SSSR count). The van der Waals surface area contributed by atoms with Gasteiger partial charge in [0, 0.05) is 15.4 Å². The SMILES string of the molecule is COC(=O)c1cc2cc(NC(=O)COc3ccc(N(Cc4ccc(Cl)cc4)S(C)(=O)=O)cc3)ccc2s1. The number of carbonyl (C=O) groups excluding carboxylic acids is 2. The van der Waals surface area contributed by atoms with E-state index in [1.807, 2.05) is 6.07 Å². The van der Waals surface area contributed by atoms with Gasteiger partial charge in [0.25, 0.3) is 5.91 Å². The average Bonchev–Trinajstić information content (AvgIpc) is 3.30. The van der Waals surface area contributed by atoms with Crippen LogP contribution in [0.15, 0.2) is 72.8 Å². The summed E-state index contributed by atoms with van der Waals surface area (Å²) in [6.07, 6.45) is 1.14. The number of nitrogens with one attached hydrogen (secondary N) is 1. The molecule has 0 radical (unpaired) electrons. The molecule has 0 spiro atoms. The summed E-state index contributed by atoms with van der Waals surface area (Å²) >= 11 is 7.23. The van der Waals surface area contributed by atoms with Gasteiger partial charge in [0.05, 0.1) is 25.6 Å². The van der Waals surface area contributed by atoms with Crippen LogP contribution < -0.4 is 14.4 Å². The Morgan fingerprint density at radius 3 is 2.35 bits per heavy atom. The molecule has 0 fully saturated rings. The van der Waals surface area contributed by atoms with Crippen LogP contribution in [0.2, 0.25) is 5.02 Å². The number of amides is 1. The molecule has 0 aliphatic heterocycles. The molecule has 1 N–H and O–H groups in total. The minimum absolute atomic E-state index is 0.147. The highest BCUT2D eigenvalue weighted by atomic mass is 35.5. The Labute approximate surface area is 223 Å². The van der Waals surface area contributed by atoms with Gasteiger partial charge in [-0.05, 0) is 71.6 Å². The minimum atomic E-state index is -3.55. The van der Waals surface area contributed by atoms with E-state index < -0.39 is 16.0 Å². The highest BCUT2D eigenvalue weighted by Gasteiger charge is 2.18. The third kappa shape index (κ3) is 6.79. The van der Waals surface area contributed by atoms with E-state index >= 15 is 0 Å². The van der Waals surface area contributed by atoms with Crippen LogP contribution in [0.5, 0.6) is 5.75 Å². The summed E-state index contributed by atoms with van der Waals surface area (Å²) in [5.41, 5.74) is 1.82. The minimum Gasteiger partial charge on any atom is -0.484 e. The van der Waals surface area contributed by atoms with Gasteiger partial charge in [0.2, 0.25) is 10.0 Å². The number of hydrogen-bond donors (Lipinski definition) is 1. The molecule has 0 atom stereocenters. The Kier molecular flexibility index (Phi) is 8.01. The molecule has 11 heteroatoms. The van der Waals surface area contributed by atoms with Crippen LogP contribution in [0.1, 0.15) is 15.2 Å². The molecule has 0 saturated carbocycles. The molecule has 0 aliphatic carbocycles. The van der Waals surface area contributed by atoms with Gasteiger partial charge in [0.1, 0.15) is 10.6 Å². The van der Waals surface area contributed by atoms with Crippen molar-refractivity contribution in [1.29, 1.82) is 0 Å². The van der Waals surface area contributed by atoms with Gasteiger partial charge in [-0.25, -0.2) is 13.2 Å². The number of benzene rings is 3. The number of halogens is 1. The maximum absolute atomic E-state index is 12.4. The van der Waals surface area contributed by atoms with Crippen LogP contribution in [-0.2, 0) is 26.1 Å². The first kappa shape index (κ1) is 26.5. The highest BCUT2D eigenvalue weighted by molar-refractivity contribution is 7.92. The monoisotopic (exact) mass is 558 g/mol. The maximum atomic E-state index is 12.4. The average molecular weight is 559 g/mol. The van der Waals surface area contributed by atoms with Crippen molar-refractivity contribution in [2.24, 2.45) is 0 Å². The van der Waals surface area contributed by atoms with Crippen LogP contribution in [0.4, 0.5) is 11.4 Å². The second kappa shape index (κ2) is 11.2. The predicted octanol–water partition coefficient (Wildman–Crippen LogP) is 5.33. The van der Waals surface area contributed by atoms with Gasteiger partial charge < -0.3 is 14.8 Å². The number of rotatable bonds is 9. The molecule has 3 aromatic carbocycles. The normalized spacial score (nSPS) is 11.2. The van der Waals surface area contributed by atoms with E-state index in [0.717, 1.165) is 21.9 Å². The quantitative estimate of drug-likeness (QED) is 0.279. The zero-order valence-corrected chi connectivity index (χ0v) is 22.3. The van der Waals surface area contributed by atoms with Crippen molar-refractivity contribution in [2.45, 2.75) is 6.54 Å². The summed E-state index contributed by atoms with van der Waals surface area (Å²) in [5.74, 6) is -0.363. The van der Waals surface area contributed by atoms with Crippen molar-refractivity contribution in [3.63, 3.8) is 0 Å². The summed E-state index contributed by atoms with van der Waals surface area (Å²) in [4.78, 5) is 24.6. The Balaban J connectivity index is 1.37. The fourth-order valence-corrected chi connectivity index (χ4v) is 5.51. The first-order valence-electron chi connectivity index (χ1n) is 11.0. The van der Waals surface area contributed by atoms with Crippen molar-refractivity contribution >= 4 is 66.3 Å². The number of fused-ring (bicyclic) bond motifs is 1. The Morgan fingerprint density at radius 2 is 1.70 bits per heavy atom. The highest BCUT2D eigenvalue weighted by Crippen LogP contribution is 2.29. The van der Waals surface area contributed by atoms with Crippen molar-refractivity contribution in [2.75, 3.05) is 29.6 Å². The van der Waals surface area contributed by atoms with E-state index in [1.165, 1.54) is 22.8 Å². The van der Waals surface area contributed by atoms with Crippen molar-refractivity contribution in [3.8, 4) is 5.75 Å². The van der Waals surface area contributed by atoms with Crippen LogP contribution in [0.3, 0.4) is 0 Å². The number of methoxy groups -OCH3 is 1. The smallest absolute Gasteiger partial charge is 0.348 e. The van der Waals surface area contributed by atoms with E-state index in [4.69, 9.17) is 21.1 Å². The topological polar surface area (TPSA) is 102 Å². The van der Waals surface area contributed by atoms with Crippen LogP contribution in [-0.4, -0.2) is 40.3 Å². The third-order valence-electron chi connectivity index (χ3n) is 5.32. The van der Waals surface area contributed by atoms with E-state index in [2.05, 4.69) is 5.32 Å². The molecule has 0 bridgehead atoms. The van der Waals surface area contributed by atoms with E-state index in [9.17, 15) is 18.0 Å². The number of hydrogen-bond acceptors (Lipinski definition) is 7. The maximum Gasteiger partial charge on any atom is 0.348 e. The number of anilines is 2. The Morgan fingerprint density at radius 1 is 1.00 bits per heavy atom. The number of nitrogens with zero attached hydrogens (tertiary/aromatic N) is 1. The zero-order chi connectivity index (χ0) is 26.6. The zero-order valence-electron chi connectivity index (χ0n) is 19.9. The van der Waals surface area contributed by atoms with E-state index in [1.54, 1.807) is 66.7 Å². The molecule has 8 nitrogen and oxygen atoms in total. The number of thiophene rings is 1. The van der Waals surface area contributed by atoms with E-state index in [-0.39, 0.29) is 19.1 Å². The number of carbonyl (C=O) groups is 2. The second-order valence-corrected chi connectivity index (χ2v) is 11.5. The lowest BCUT2D eigenvalue weighted by atomic mass is 10.2.